The van der Waals surface area contributed by atoms with Gasteiger partial charge in [0.15, 0.2) is 0 Å². The van der Waals surface area contributed by atoms with Crippen LogP contribution in [0.1, 0.15) is 39.5 Å². The SMILES string of the molecule is CC(C)(NS(=O)(=O)C1CCCNC1)C1CC1. The highest BCUT2D eigenvalue weighted by atomic mass is 32.2. The molecule has 94 valence electrons. The molecule has 1 aliphatic carbocycles. The molecule has 0 spiro atoms. The van der Waals surface area contributed by atoms with Crippen LogP contribution in [0.15, 0.2) is 0 Å². The summed E-state index contributed by atoms with van der Waals surface area (Å²) >= 11 is 0. The summed E-state index contributed by atoms with van der Waals surface area (Å²) in [5.41, 5.74) is -0.268. The fourth-order valence-corrected chi connectivity index (χ4v) is 4.30. The van der Waals surface area contributed by atoms with Crippen molar-refractivity contribution in [3.63, 3.8) is 0 Å². The predicted octanol–water partition coefficient (Wildman–Crippen LogP) is 0.846. The third-order valence-electron chi connectivity index (χ3n) is 3.69. The lowest BCUT2D eigenvalue weighted by molar-refractivity contribution is 0.392. The molecule has 0 aromatic carbocycles. The first-order chi connectivity index (χ1) is 7.42. The number of hydrogen-bond donors (Lipinski definition) is 2. The summed E-state index contributed by atoms with van der Waals surface area (Å²) in [6.45, 7) is 5.53. The molecule has 5 heteroatoms. The highest BCUT2D eigenvalue weighted by Crippen LogP contribution is 2.39. The van der Waals surface area contributed by atoms with Crippen molar-refractivity contribution >= 4 is 10.0 Å². The third-order valence-corrected chi connectivity index (χ3v) is 5.78. The smallest absolute Gasteiger partial charge is 0.216 e. The number of rotatable bonds is 4. The van der Waals surface area contributed by atoms with Crippen molar-refractivity contribution in [2.45, 2.75) is 50.3 Å². The molecule has 0 aromatic heterocycles. The molecule has 0 amide bonds. The van der Waals surface area contributed by atoms with Crippen molar-refractivity contribution in [2.24, 2.45) is 5.92 Å². The number of sulfonamides is 1. The average molecular weight is 246 g/mol. The zero-order chi connectivity index (χ0) is 11.8. The van der Waals surface area contributed by atoms with Gasteiger partial charge in [0.25, 0.3) is 0 Å². The first-order valence-electron chi connectivity index (χ1n) is 6.15. The summed E-state index contributed by atoms with van der Waals surface area (Å²) in [4.78, 5) is 0. The fraction of sp³-hybridized carbons (Fsp3) is 1.00. The number of piperidine rings is 1. The maximum atomic E-state index is 12.2. The van der Waals surface area contributed by atoms with Gasteiger partial charge < -0.3 is 5.32 Å². The molecule has 1 heterocycles. The largest absolute Gasteiger partial charge is 0.315 e. The van der Waals surface area contributed by atoms with Crippen LogP contribution in [0.25, 0.3) is 0 Å². The molecule has 2 fully saturated rings. The van der Waals surface area contributed by atoms with Crippen molar-refractivity contribution in [3.05, 3.63) is 0 Å². The Morgan fingerprint density at radius 3 is 2.44 bits per heavy atom. The van der Waals surface area contributed by atoms with E-state index >= 15 is 0 Å². The Hall–Kier alpha value is -0.130. The summed E-state index contributed by atoms with van der Waals surface area (Å²) in [5, 5.41) is 2.90. The minimum Gasteiger partial charge on any atom is -0.315 e. The molecule has 0 aromatic rings. The van der Waals surface area contributed by atoms with Gasteiger partial charge in [0, 0.05) is 12.1 Å². The molecule has 1 unspecified atom stereocenters. The Morgan fingerprint density at radius 2 is 1.94 bits per heavy atom. The second-order valence-electron chi connectivity index (χ2n) is 5.61. The van der Waals surface area contributed by atoms with Gasteiger partial charge in [-0.25, -0.2) is 13.1 Å². The topological polar surface area (TPSA) is 58.2 Å². The van der Waals surface area contributed by atoms with Crippen LogP contribution in [-0.2, 0) is 10.0 Å². The molecule has 4 nitrogen and oxygen atoms in total. The van der Waals surface area contributed by atoms with E-state index in [4.69, 9.17) is 0 Å². The lowest BCUT2D eigenvalue weighted by Gasteiger charge is -2.30. The highest BCUT2D eigenvalue weighted by molar-refractivity contribution is 7.90. The number of nitrogens with one attached hydrogen (secondary N) is 2. The van der Waals surface area contributed by atoms with E-state index in [1.54, 1.807) is 0 Å². The lowest BCUT2D eigenvalue weighted by atomic mass is 10.0. The summed E-state index contributed by atoms with van der Waals surface area (Å²) in [5.74, 6) is 0.527. The monoisotopic (exact) mass is 246 g/mol. The predicted molar refractivity (Wildman–Crippen MR) is 64.8 cm³/mol. The Morgan fingerprint density at radius 1 is 1.25 bits per heavy atom. The van der Waals surface area contributed by atoms with Crippen molar-refractivity contribution in [1.29, 1.82) is 0 Å². The quantitative estimate of drug-likeness (QED) is 0.773. The van der Waals surface area contributed by atoms with Crippen LogP contribution in [0.3, 0.4) is 0 Å². The van der Waals surface area contributed by atoms with E-state index in [1.165, 1.54) is 0 Å². The fourth-order valence-electron chi connectivity index (χ4n) is 2.42. The molecular weight excluding hydrogens is 224 g/mol. The van der Waals surface area contributed by atoms with E-state index in [0.717, 1.165) is 32.2 Å². The molecule has 0 bridgehead atoms. The standard InChI is InChI=1S/C11H22N2O2S/c1-11(2,9-5-6-9)13-16(14,15)10-4-3-7-12-8-10/h9-10,12-13H,3-8H2,1-2H3. The van der Waals surface area contributed by atoms with E-state index in [2.05, 4.69) is 10.0 Å². The molecule has 0 radical (unpaired) electrons. The molecule has 1 atom stereocenters. The first kappa shape index (κ1) is 12.3. The van der Waals surface area contributed by atoms with Crippen LogP contribution in [0.2, 0.25) is 0 Å². The van der Waals surface area contributed by atoms with Crippen molar-refractivity contribution < 1.29 is 8.42 Å². The van der Waals surface area contributed by atoms with Gasteiger partial charge in [-0.05, 0) is 52.0 Å². The first-order valence-corrected chi connectivity index (χ1v) is 7.70. The van der Waals surface area contributed by atoms with E-state index in [9.17, 15) is 8.42 Å². The zero-order valence-electron chi connectivity index (χ0n) is 10.1. The van der Waals surface area contributed by atoms with E-state index in [0.29, 0.717) is 12.5 Å². The summed E-state index contributed by atoms with van der Waals surface area (Å²) < 4.78 is 27.3. The van der Waals surface area contributed by atoms with Gasteiger partial charge in [0.05, 0.1) is 5.25 Å². The van der Waals surface area contributed by atoms with Crippen molar-refractivity contribution in [1.82, 2.24) is 10.0 Å². The van der Waals surface area contributed by atoms with Crippen LogP contribution in [-0.4, -0.2) is 32.3 Å². The van der Waals surface area contributed by atoms with E-state index in [1.807, 2.05) is 13.8 Å². The Labute approximate surface area is 98.2 Å². The summed E-state index contributed by atoms with van der Waals surface area (Å²) in [6.07, 6.45) is 4.04. The van der Waals surface area contributed by atoms with Gasteiger partial charge in [0.1, 0.15) is 0 Å². The Balaban J connectivity index is 2.00. The Kier molecular flexibility index (Phi) is 3.29. The van der Waals surface area contributed by atoms with Gasteiger partial charge in [0.2, 0.25) is 10.0 Å². The lowest BCUT2D eigenvalue weighted by Crippen LogP contribution is -2.52. The number of hydrogen-bond acceptors (Lipinski definition) is 3. The van der Waals surface area contributed by atoms with Crippen molar-refractivity contribution in [2.75, 3.05) is 13.1 Å². The summed E-state index contributed by atoms with van der Waals surface area (Å²) in [6, 6.07) is 0. The molecule has 2 N–H and O–H groups in total. The molecule has 1 saturated carbocycles. The van der Waals surface area contributed by atoms with Gasteiger partial charge in [-0.15, -0.1) is 0 Å². The second-order valence-corrected chi connectivity index (χ2v) is 7.57. The average Bonchev–Trinajstić information content (AvgIpc) is 3.00. The zero-order valence-corrected chi connectivity index (χ0v) is 10.9. The Bertz CT molecular complexity index is 341. The molecule has 2 rings (SSSR count). The van der Waals surface area contributed by atoms with Crippen LogP contribution in [0.5, 0.6) is 0 Å². The highest BCUT2D eigenvalue weighted by Gasteiger charge is 2.42. The van der Waals surface area contributed by atoms with Gasteiger partial charge in [-0.1, -0.05) is 0 Å². The van der Waals surface area contributed by atoms with Crippen LogP contribution in [0.4, 0.5) is 0 Å². The van der Waals surface area contributed by atoms with Gasteiger partial charge >= 0.3 is 0 Å². The molecule has 16 heavy (non-hydrogen) atoms. The van der Waals surface area contributed by atoms with Crippen LogP contribution in [0, 0.1) is 5.92 Å². The van der Waals surface area contributed by atoms with Crippen LogP contribution >= 0.6 is 0 Å². The minimum absolute atomic E-state index is 0.251. The molecule has 1 aliphatic heterocycles. The van der Waals surface area contributed by atoms with Crippen LogP contribution < -0.4 is 10.0 Å². The molecule has 2 aliphatic rings. The van der Waals surface area contributed by atoms with Gasteiger partial charge in [-0.3, -0.25) is 0 Å². The second kappa shape index (κ2) is 4.27. The third kappa shape index (κ3) is 2.76. The molecular formula is C11H22N2O2S. The van der Waals surface area contributed by atoms with E-state index < -0.39 is 10.0 Å². The summed E-state index contributed by atoms with van der Waals surface area (Å²) in [7, 11) is -3.16. The van der Waals surface area contributed by atoms with Gasteiger partial charge in [-0.2, -0.15) is 0 Å². The minimum atomic E-state index is -3.16. The van der Waals surface area contributed by atoms with E-state index in [-0.39, 0.29) is 10.8 Å². The maximum Gasteiger partial charge on any atom is 0.216 e. The maximum absolute atomic E-state index is 12.2. The molecule has 1 saturated heterocycles. The van der Waals surface area contributed by atoms with Crippen molar-refractivity contribution in [3.8, 4) is 0 Å². The normalized spacial score (nSPS) is 28.0.